The van der Waals surface area contributed by atoms with E-state index in [2.05, 4.69) is 200 Å². The Hall–Kier alpha value is -3.79. The molecule has 1 aliphatic carbocycles. The monoisotopic (exact) mass is 762 g/mol. The number of hydrogen-bond acceptors (Lipinski definition) is 1. The van der Waals surface area contributed by atoms with E-state index in [1.807, 2.05) is 0 Å². The second kappa shape index (κ2) is 22.0. The Bertz CT molecular complexity index is 1430. The summed E-state index contributed by atoms with van der Waals surface area (Å²) in [7, 11) is -0.892. The van der Waals surface area contributed by atoms with Gasteiger partial charge in [0.25, 0.3) is 0 Å². The van der Waals surface area contributed by atoms with Crippen molar-refractivity contribution in [2.45, 2.75) is 38.1 Å². The molecule has 2 aliphatic rings. The van der Waals surface area contributed by atoms with E-state index in [9.17, 15) is 0 Å². The van der Waals surface area contributed by atoms with Crippen molar-refractivity contribution in [1.29, 1.82) is 0 Å². The Labute approximate surface area is 309 Å². The third-order valence-corrected chi connectivity index (χ3v) is 12.7. The van der Waals surface area contributed by atoms with Gasteiger partial charge in [0.05, 0.1) is 0 Å². The normalized spacial score (nSPS) is 13.7. The molecular weight excluding hydrogens is 718 g/mol. The van der Waals surface area contributed by atoms with Gasteiger partial charge in [-0.25, -0.2) is 0 Å². The van der Waals surface area contributed by atoms with Crippen molar-refractivity contribution in [2.24, 2.45) is 4.99 Å². The van der Waals surface area contributed by atoms with Gasteiger partial charge >= 0.3 is 19.5 Å². The van der Waals surface area contributed by atoms with Gasteiger partial charge in [0.2, 0.25) is 0 Å². The molecule has 8 rings (SSSR count). The van der Waals surface area contributed by atoms with E-state index in [-0.39, 0.29) is 25.5 Å². The predicted octanol–water partition coefficient (Wildman–Crippen LogP) is 9.34. The first-order valence-corrected chi connectivity index (χ1v) is 19.5. The molecule has 0 aromatic heterocycles. The maximum atomic E-state index is 3.65. The van der Waals surface area contributed by atoms with Crippen LogP contribution in [0.15, 0.2) is 200 Å². The van der Waals surface area contributed by atoms with E-state index in [0.29, 0.717) is 0 Å². The van der Waals surface area contributed by atoms with Crippen molar-refractivity contribution in [2.75, 3.05) is 0 Å². The second-order valence-corrected chi connectivity index (χ2v) is 15.8. The van der Waals surface area contributed by atoms with Gasteiger partial charge in [-0.3, -0.25) is 0 Å². The van der Waals surface area contributed by atoms with Crippen LogP contribution < -0.4 is 31.8 Å². The number of benzene rings is 6. The van der Waals surface area contributed by atoms with E-state index < -0.39 is 15.8 Å². The summed E-state index contributed by atoms with van der Waals surface area (Å²) in [4.78, 5) is 3.65. The van der Waals surface area contributed by atoms with Gasteiger partial charge in [0.15, 0.2) is 0 Å². The van der Waals surface area contributed by atoms with E-state index in [0.717, 1.165) is 0 Å². The van der Waals surface area contributed by atoms with Crippen molar-refractivity contribution < 1.29 is 19.5 Å². The Morgan fingerprint density at radius 1 is 0.408 bits per heavy atom. The van der Waals surface area contributed by atoms with Gasteiger partial charge in [-0.2, -0.15) is 0 Å². The van der Waals surface area contributed by atoms with Crippen molar-refractivity contribution >= 4 is 53.9 Å². The summed E-state index contributed by atoms with van der Waals surface area (Å²) in [6.07, 6.45) is 11.9. The van der Waals surface area contributed by atoms with E-state index >= 15 is 0 Å². The maximum Gasteiger partial charge on any atom is 2.00 e. The fraction of sp³-hybridized carbons (Fsp3) is 0.133. The minimum absolute atomic E-state index is 0. The summed E-state index contributed by atoms with van der Waals surface area (Å²) in [5.41, 5.74) is 0. The average Bonchev–Trinajstić information content (AvgIpc) is 3.82. The molecule has 1 saturated carbocycles. The number of nitrogens with zero attached hydrogens (tertiary/aromatic N) is 1. The summed E-state index contributed by atoms with van der Waals surface area (Å²) in [5.74, 6) is 0. The summed E-state index contributed by atoms with van der Waals surface area (Å²) >= 11 is 0. The fourth-order valence-electron chi connectivity index (χ4n) is 5.39. The molecule has 1 heterocycles. The molecule has 0 amide bonds. The molecule has 1 nitrogen and oxygen atoms in total. The molecule has 0 N–H and O–H groups in total. The van der Waals surface area contributed by atoms with Crippen LogP contribution in [0.2, 0.25) is 0 Å². The molecule has 1 unspecified atom stereocenters. The first-order valence-electron chi connectivity index (χ1n) is 16.8. The van der Waals surface area contributed by atoms with Gasteiger partial charge < -0.3 is 11.2 Å². The number of hydrogen-bond donors (Lipinski definition) is 0. The third kappa shape index (κ3) is 12.9. The summed E-state index contributed by atoms with van der Waals surface area (Å²) in [6.45, 7) is 3.47. The maximum absolute atomic E-state index is 3.65. The van der Waals surface area contributed by atoms with Crippen LogP contribution in [0.4, 0.5) is 0 Å². The summed E-state index contributed by atoms with van der Waals surface area (Å²) < 4.78 is 0. The smallest absolute Gasteiger partial charge is 0.521 e. The molecule has 6 aromatic rings. The Morgan fingerprint density at radius 2 is 0.592 bits per heavy atom. The van der Waals surface area contributed by atoms with E-state index in [1.165, 1.54) is 63.9 Å². The van der Waals surface area contributed by atoms with E-state index in [4.69, 9.17) is 0 Å². The van der Waals surface area contributed by atoms with Gasteiger partial charge in [-0.15, -0.1) is 6.58 Å². The largest absolute Gasteiger partial charge is 2.00 e. The minimum Gasteiger partial charge on any atom is -0.521 e. The standard InChI is InChI=1S/2C18H15P.C5H10.C4H4N.Ru/c2*1-4-10-16(11-5-1)19(17-12-6-2-7-13-17)18-14-8-3-9-15-18;1-2-4-5-3-1;1-2-4-3-5-4;/h2*1-15H;1-5H2;2,4H,1H2;/q;;;-1;+2. The molecule has 0 saturated heterocycles. The quantitative estimate of drug-likeness (QED) is 0.0666. The van der Waals surface area contributed by atoms with Gasteiger partial charge in [0.1, 0.15) is 0 Å². The zero-order chi connectivity index (χ0) is 33.1. The molecule has 1 aliphatic heterocycles. The molecule has 0 radical (unpaired) electrons. The topological polar surface area (TPSA) is 12.4 Å². The average molecular weight is 762 g/mol. The van der Waals surface area contributed by atoms with Crippen molar-refractivity contribution in [3.05, 3.63) is 195 Å². The van der Waals surface area contributed by atoms with Crippen LogP contribution in [-0.2, 0) is 19.5 Å². The van der Waals surface area contributed by atoms with Crippen LogP contribution in [0.3, 0.4) is 0 Å². The first-order chi connectivity index (χ1) is 23.8. The molecule has 246 valence electrons. The number of rotatable bonds is 7. The van der Waals surface area contributed by atoms with Crippen LogP contribution in [0, 0.1) is 0 Å². The molecule has 4 heteroatoms. The first kappa shape index (κ1) is 38.0. The second-order valence-electron chi connectivity index (χ2n) is 11.4. The summed E-state index contributed by atoms with van der Waals surface area (Å²) in [6, 6.07) is 64.9. The molecule has 6 aromatic carbocycles. The molecule has 0 bridgehead atoms. The van der Waals surface area contributed by atoms with Crippen LogP contribution in [0.25, 0.3) is 0 Å². The number of aliphatic imine (C=N–C) groups is 1. The van der Waals surface area contributed by atoms with Crippen molar-refractivity contribution in [3.63, 3.8) is 0 Å². The van der Waals surface area contributed by atoms with Crippen LogP contribution >= 0.6 is 15.8 Å². The molecule has 1 fully saturated rings. The van der Waals surface area contributed by atoms with Gasteiger partial charge in [-0.05, 0) is 47.7 Å². The van der Waals surface area contributed by atoms with E-state index in [1.54, 1.807) is 6.08 Å². The molecule has 49 heavy (non-hydrogen) atoms. The molecule has 1 atom stereocenters. The zero-order valence-electron chi connectivity index (χ0n) is 27.9. The summed E-state index contributed by atoms with van der Waals surface area (Å²) in [5, 5.41) is 8.39. The zero-order valence-corrected chi connectivity index (χ0v) is 31.4. The minimum atomic E-state index is -0.446. The van der Waals surface area contributed by atoms with Gasteiger partial charge in [-0.1, -0.05) is 226 Å². The SMILES string of the molecule is C1CCCC1.C=CC1[C-]=N1.[Ru+2].c1ccc(P(c2ccccc2)c2ccccc2)cc1.c1ccc(P(c2ccccc2)c2ccccc2)cc1. The van der Waals surface area contributed by atoms with Crippen LogP contribution in [0.1, 0.15) is 32.1 Å². The van der Waals surface area contributed by atoms with Crippen LogP contribution in [0.5, 0.6) is 0 Å². The Balaban J connectivity index is 0.000000169. The molecule has 0 spiro atoms. The Kier molecular flexibility index (Phi) is 17.1. The van der Waals surface area contributed by atoms with Crippen molar-refractivity contribution in [1.82, 2.24) is 0 Å². The predicted molar refractivity (Wildman–Crippen MR) is 215 cm³/mol. The Morgan fingerprint density at radius 3 is 0.714 bits per heavy atom. The fourth-order valence-corrected chi connectivity index (χ4v) is 10.00. The van der Waals surface area contributed by atoms with Crippen LogP contribution in [-0.4, -0.2) is 12.3 Å². The van der Waals surface area contributed by atoms with Gasteiger partial charge in [0, 0.05) is 0 Å². The third-order valence-electron chi connectivity index (χ3n) is 7.84. The van der Waals surface area contributed by atoms with Crippen molar-refractivity contribution in [3.8, 4) is 0 Å². The molecular formula is C45H44NP2Ru+.